The quantitative estimate of drug-likeness (QED) is 0.611. The Kier molecular flexibility index (Phi) is 6.29. The van der Waals surface area contributed by atoms with Crippen LogP contribution in [-0.2, 0) is 9.59 Å². The first-order valence-corrected chi connectivity index (χ1v) is 10.4. The molecule has 0 atom stereocenters. The van der Waals surface area contributed by atoms with Gasteiger partial charge in [0.05, 0.1) is 12.8 Å². The highest BCUT2D eigenvalue weighted by atomic mass is 16.5. The monoisotopic (exact) mass is 435 g/mol. The van der Waals surface area contributed by atoms with E-state index in [2.05, 4.69) is 30.8 Å². The molecule has 10 heteroatoms. The first-order valence-electron chi connectivity index (χ1n) is 10.4. The fourth-order valence-electron chi connectivity index (χ4n) is 3.71. The van der Waals surface area contributed by atoms with Crippen molar-refractivity contribution in [1.29, 1.82) is 0 Å². The third-order valence-electron chi connectivity index (χ3n) is 5.34. The van der Waals surface area contributed by atoms with Gasteiger partial charge in [-0.15, -0.1) is 10.2 Å². The number of anilines is 3. The molecule has 0 spiro atoms. The van der Waals surface area contributed by atoms with Gasteiger partial charge < -0.3 is 20.3 Å². The predicted octanol–water partition coefficient (Wildman–Crippen LogP) is 2.48. The van der Waals surface area contributed by atoms with Gasteiger partial charge >= 0.3 is 0 Å². The maximum absolute atomic E-state index is 12.9. The van der Waals surface area contributed by atoms with E-state index in [1.54, 1.807) is 36.2 Å². The standard InChI is InChI=1S/C22H25N7O3/c1-15(30)24-17-4-5-19(32-2)18(14-17)25-22(31)16-8-12-28(13-9-16)20-6-7-21(27-26-20)29-11-3-10-23-29/h3-7,10-11,14,16H,8-9,12-13H2,1-2H3,(H,24,30)(H,25,31). The van der Waals surface area contributed by atoms with Crippen LogP contribution in [0.1, 0.15) is 19.8 Å². The number of benzene rings is 1. The number of carbonyl (C=O) groups is 2. The van der Waals surface area contributed by atoms with E-state index >= 15 is 0 Å². The van der Waals surface area contributed by atoms with E-state index in [4.69, 9.17) is 4.74 Å². The number of hydrogen-bond donors (Lipinski definition) is 2. The fourth-order valence-corrected chi connectivity index (χ4v) is 3.71. The second kappa shape index (κ2) is 9.46. The summed E-state index contributed by atoms with van der Waals surface area (Å²) in [5.74, 6) is 1.60. The molecule has 1 aliphatic rings. The summed E-state index contributed by atoms with van der Waals surface area (Å²) in [6, 6.07) is 10.8. The maximum Gasteiger partial charge on any atom is 0.227 e. The average molecular weight is 435 g/mol. The van der Waals surface area contributed by atoms with Gasteiger partial charge in [0.15, 0.2) is 11.6 Å². The van der Waals surface area contributed by atoms with Gasteiger partial charge in [0, 0.05) is 44.0 Å². The average Bonchev–Trinajstić information content (AvgIpc) is 3.34. The Morgan fingerprint density at radius 3 is 2.44 bits per heavy atom. The van der Waals surface area contributed by atoms with Crippen LogP contribution in [-0.4, -0.2) is 52.0 Å². The summed E-state index contributed by atoms with van der Waals surface area (Å²) >= 11 is 0. The van der Waals surface area contributed by atoms with Gasteiger partial charge in [-0.25, -0.2) is 4.68 Å². The predicted molar refractivity (Wildman–Crippen MR) is 120 cm³/mol. The summed E-state index contributed by atoms with van der Waals surface area (Å²) in [7, 11) is 1.54. The Morgan fingerprint density at radius 1 is 1.06 bits per heavy atom. The van der Waals surface area contributed by atoms with Crippen LogP contribution in [0.25, 0.3) is 5.82 Å². The lowest BCUT2D eigenvalue weighted by molar-refractivity contribution is -0.120. The van der Waals surface area contributed by atoms with Gasteiger partial charge in [0.1, 0.15) is 5.75 Å². The summed E-state index contributed by atoms with van der Waals surface area (Å²) in [5, 5.41) is 18.4. The molecular weight excluding hydrogens is 410 g/mol. The fraction of sp³-hybridized carbons (Fsp3) is 0.318. The zero-order chi connectivity index (χ0) is 22.5. The molecule has 1 fully saturated rings. The van der Waals surface area contributed by atoms with Crippen LogP contribution in [0.5, 0.6) is 5.75 Å². The molecule has 1 aliphatic heterocycles. The molecule has 2 N–H and O–H groups in total. The number of ether oxygens (including phenoxy) is 1. The molecule has 4 rings (SSSR count). The van der Waals surface area contributed by atoms with Crippen molar-refractivity contribution in [2.24, 2.45) is 5.92 Å². The van der Waals surface area contributed by atoms with Gasteiger partial charge in [0.2, 0.25) is 11.8 Å². The number of hydrogen-bond acceptors (Lipinski definition) is 7. The summed E-state index contributed by atoms with van der Waals surface area (Å²) < 4.78 is 7.00. The van der Waals surface area contributed by atoms with E-state index in [9.17, 15) is 9.59 Å². The number of nitrogens with one attached hydrogen (secondary N) is 2. The lowest BCUT2D eigenvalue weighted by Crippen LogP contribution is -2.38. The third-order valence-corrected chi connectivity index (χ3v) is 5.34. The van der Waals surface area contributed by atoms with Crippen molar-refractivity contribution >= 4 is 29.0 Å². The molecule has 3 aromatic rings. The van der Waals surface area contributed by atoms with Crippen LogP contribution in [0.15, 0.2) is 48.8 Å². The number of aromatic nitrogens is 4. The van der Waals surface area contributed by atoms with E-state index in [-0.39, 0.29) is 17.7 Å². The number of methoxy groups -OCH3 is 1. The summed E-state index contributed by atoms with van der Waals surface area (Å²) in [6.07, 6.45) is 4.90. The van der Waals surface area contributed by atoms with Gasteiger partial charge in [-0.1, -0.05) is 0 Å². The van der Waals surface area contributed by atoms with Crippen molar-refractivity contribution < 1.29 is 14.3 Å². The molecule has 0 radical (unpaired) electrons. The normalized spacial score (nSPS) is 14.1. The van der Waals surface area contributed by atoms with Crippen molar-refractivity contribution in [2.45, 2.75) is 19.8 Å². The van der Waals surface area contributed by atoms with Gasteiger partial charge in [-0.2, -0.15) is 5.10 Å². The molecular formula is C22H25N7O3. The third kappa shape index (κ3) is 4.85. The number of rotatable bonds is 6. The van der Waals surface area contributed by atoms with E-state index in [1.165, 1.54) is 6.92 Å². The topological polar surface area (TPSA) is 114 Å². The first-order chi connectivity index (χ1) is 15.5. The lowest BCUT2D eigenvalue weighted by atomic mass is 9.95. The van der Waals surface area contributed by atoms with Crippen LogP contribution < -0.4 is 20.3 Å². The Balaban J connectivity index is 1.36. The zero-order valence-corrected chi connectivity index (χ0v) is 18.0. The number of piperidine rings is 1. The molecule has 2 aromatic heterocycles. The summed E-state index contributed by atoms with van der Waals surface area (Å²) in [5.41, 5.74) is 1.13. The van der Waals surface area contributed by atoms with Gasteiger partial charge in [0.25, 0.3) is 0 Å². The van der Waals surface area contributed by atoms with Crippen molar-refractivity contribution in [2.75, 3.05) is 35.7 Å². The molecule has 0 bridgehead atoms. The SMILES string of the molecule is COc1ccc(NC(C)=O)cc1NC(=O)C1CCN(c2ccc(-n3cccn3)nn2)CC1. The smallest absolute Gasteiger partial charge is 0.227 e. The Labute approximate surface area is 185 Å². The first kappa shape index (κ1) is 21.3. The maximum atomic E-state index is 12.9. The highest BCUT2D eigenvalue weighted by molar-refractivity contribution is 5.96. The van der Waals surface area contributed by atoms with Crippen molar-refractivity contribution in [3.05, 3.63) is 48.8 Å². The number of carbonyl (C=O) groups excluding carboxylic acids is 2. The number of amides is 2. The molecule has 3 heterocycles. The zero-order valence-electron chi connectivity index (χ0n) is 18.0. The molecule has 166 valence electrons. The van der Waals surface area contributed by atoms with Crippen LogP contribution in [0.3, 0.4) is 0 Å². The lowest BCUT2D eigenvalue weighted by Gasteiger charge is -2.32. The largest absolute Gasteiger partial charge is 0.495 e. The molecule has 0 saturated carbocycles. The minimum absolute atomic E-state index is 0.0666. The van der Waals surface area contributed by atoms with Gasteiger partial charge in [-0.05, 0) is 49.2 Å². The minimum Gasteiger partial charge on any atom is -0.495 e. The van der Waals surface area contributed by atoms with E-state index in [0.29, 0.717) is 48.9 Å². The Hall–Kier alpha value is -3.95. The summed E-state index contributed by atoms with van der Waals surface area (Å²) in [4.78, 5) is 26.3. The van der Waals surface area contributed by atoms with E-state index in [1.807, 2.05) is 24.4 Å². The second-order valence-electron chi connectivity index (χ2n) is 7.55. The van der Waals surface area contributed by atoms with Crippen molar-refractivity contribution in [1.82, 2.24) is 20.0 Å². The molecule has 10 nitrogen and oxygen atoms in total. The van der Waals surface area contributed by atoms with Crippen LogP contribution in [0.4, 0.5) is 17.2 Å². The molecule has 0 aliphatic carbocycles. The number of nitrogens with zero attached hydrogens (tertiary/aromatic N) is 5. The van der Waals surface area contributed by atoms with Crippen LogP contribution in [0, 0.1) is 5.92 Å². The van der Waals surface area contributed by atoms with Crippen LogP contribution in [0.2, 0.25) is 0 Å². The van der Waals surface area contributed by atoms with Crippen molar-refractivity contribution in [3.63, 3.8) is 0 Å². The highest BCUT2D eigenvalue weighted by Crippen LogP contribution is 2.30. The molecule has 32 heavy (non-hydrogen) atoms. The Bertz CT molecular complexity index is 1080. The molecule has 1 saturated heterocycles. The Morgan fingerprint density at radius 2 is 1.81 bits per heavy atom. The second-order valence-corrected chi connectivity index (χ2v) is 7.55. The minimum atomic E-state index is -0.180. The molecule has 2 amide bonds. The van der Waals surface area contributed by atoms with E-state index in [0.717, 1.165) is 5.82 Å². The van der Waals surface area contributed by atoms with Gasteiger partial charge in [-0.3, -0.25) is 9.59 Å². The molecule has 0 unspecified atom stereocenters. The molecule has 1 aromatic carbocycles. The van der Waals surface area contributed by atoms with Crippen LogP contribution >= 0.6 is 0 Å². The highest BCUT2D eigenvalue weighted by Gasteiger charge is 2.26. The van der Waals surface area contributed by atoms with E-state index < -0.39 is 0 Å². The summed E-state index contributed by atoms with van der Waals surface area (Å²) in [6.45, 7) is 2.85. The van der Waals surface area contributed by atoms with Crippen molar-refractivity contribution in [3.8, 4) is 11.6 Å².